The van der Waals surface area contributed by atoms with Crippen LogP contribution in [0.2, 0.25) is 0 Å². The Morgan fingerprint density at radius 1 is 1.10 bits per heavy atom. The van der Waals surface area contributed by atoms with Crippen LogP contribution in [-0.4, -0.2) is 21.1 Å². The first-order valence-electron chi connectivity index (χ1n) is 9.23. The summed E-state index contributed by atoms with van der Waals surface area (Å²) in [4.78, 5) is 28.6. The van der Waals surface area contributed by atoms with Gasteiger partial charge in [-0.3, -0.25) is 4.79 Å². The first kappa shape index (κ1) is 18.2. The number of aldehydes is 1. The van der Waals surface area contributed by atoms with Gasteiger partial charge in [0.1, 0.15) is 11.3 Å². The summed E-state index contributed by atoms with van der Waals surface area (Å²) < 4.78 is 6.98. The molecular weight excluding hydrogens is 398 g/mol. The number of rotatable bonds is 4. The minimum absolute atomic E-state index is 0.387. The van der Waals surface area contributed by atoms with Crippen molar-refractivity contribution in [3.05, 3.63) is 87.7 Å². The van der Waals surface area contributed by atoms with Crippen LogP contribution in [0.25, 0.3) is 38.6 Å². The number of fused-ring (bicyclic) bond motifs is 1. The number of para-hydroxylation sites is 1. The van der Waals surface area contributed by atoms with Crippen LogP contribution in [-0.2, 0) is 0 Å². The molecule has 7 heteroatoms. The van der Waals surface area contributed by atoms with Crippen LogP contribution in [0.3, 0.4) is 0 Å². The van der Waals surface area contributed by atoms with E-state index in [9.17, 15) is 9.59 Å². The van der Waals surface area contributed by atoms with Gasteiger partial charge in [-0.05, 0) is 19.1 Å². The SMILES string of the molecule is Cc1ccc(-c2nn(-c3nc(-c4cc5ccccc5oc4=O)cs3)cc2C=O)cc1. The number of carbonyl (C=O) groups excluding carboxylic acids is 1. The molecule has 0 radical (unpaired) electrons. The van der Waals surface area contributed by atoms with Crippen molar-refractivity contribution >= 4 is 28.6 Å². The Kier molecular flexibility index (Phi) is 4.37. The van der Waals surface area contributed by atoms with Gasteiger partial charge in [0.15, 0.2) is 6.29 Å². The van der Waals surface area contributed by atoms with Gasteiger partial charge in [-0.25, -0.2) is 14.5 Å². The van der Waals surface area contributed by atoms with Crippen LogP contribution < -0.4 is 5.63 Å². The van der Waals surface area contributed by atoms with E-state index in [1.807, 2.05) is 49.4 Å². The van der Waals surface area contributed by atoms with E-state index < -0.39 is 5.63 Å². The third-order valence-corrected chi connectivity index (χ3v) is 5.63. The third kappa shape index (κ3) is 3.15. The Labute approximate surface area is 175 Å². The average molecular weight is 413 g/mol. The molecule has 0 aliphatic heterocycles. The molecule has 0 unspecified atom stereocenters. The molecule has 6 nitrogen and oxygen atoms in total. The predicted octanol–water partition coefficient (Wildman–Crippen LogP) is 4.89. The number of aromatic nitrogens is 3. The molecule has 3 aromatic heterocycles. The van der Waals surface area contributed by atoms with Crippen molar-refractivity contribution in [1.82, 2.24) is 14.8 Å². The number of thiazole rings is 1. The predicted molar refractivity (Wildman–Crippen MR) is 116 cm³/mol. The zero-order valence-corrected chi connectivity index (χ0v) is 16.7. The lowest BCUT2D eigenvalue weighted by Gasteiger charge is -1.99. The molecular formula is C23H15N3O3S. The molecule has 0 saturated heterocycles. The quantitative estimate of drug-likeness (QED) is 0.310. The van der Waals surface area contributed by atoms with E-state index in [0.717, 1.165) is 22.8 Å². The largest absolute Gasteiger partial charge is 0.422 e. The van der Waals surface area contributed by atoms with Gasteiger partial charge in [0.2, 0.25) is 5.13 Å². The van der Waals surface area contributed by atoms with Crippen LogP contribution >= 0.6 is 11.3 Å². The fourth-order valence-corrected chi connectivity index (χ4v) is 3.99. The van der Waals surface area contributed by atoms with E-state index >= 15 is 0 Å². The van der Waals surface area contributed by atoms with Gasteiger partial charge in [0.25, 0.3) is 0 Å². The zero-order valence-electron chi connectivity index (χ0n) is 15.9. The van der Waals surface area contributed by atoms with Crippen LogP contribution in [0.15, 0.2) is 75.4 Å². The van der Waals surface area contributed by atoms with E-state index in [0.29, 0.717) is 33.2 Å². The molecule has 146 valence electrons. The molecule has 0 aliphatic carbocycles. The second-order valence-electron chi connectivity index (χ2n) is 6.86. The first-order chi connectivity index (χ1) is 14.6. The van der Waals surface area contributed by atoms with Crippen molar-refractivity contribution < 1.29 is 9.21 Å². The maximum atomic E-state index is 12.4. The lowest BCUT2D eigenvalue weighted by Crippen LogP contribution is -2.03. The maximum Gasteiger partial charge on any atom is 0.345 e. The normalized spacial score (nSPS) is 11.1. The summed E-state index contributed by atoms with van der Waals surface area (Å²) in [7, 11) is 0. The van der Waals surface area contributed by atoms with E-state index in [-0.39, 0.29) is 0 Å². The Morgan fingerprint density at radius 2 is 1.90 bits per heavy atom. The highest BCUT2D eigenvalue weighted by Gasteiger charge is 2.16. The van der Waals surface area contributed by atoms with E-state index in [1.165, 1.54) is 11.3 Å². The standard InChI is InChI=1S/C23H15N3O3S/c1-14-6-8-15(9-7-14)21-17(12-27)11-26(25-21)23-24-19(13-30-23)18-10-16-4-2-3-5-20(16)29-22(18)28/h2-13H,1H3. The summed E-state index contributed by atoms with van der Waals surface area (Å²) in [6.07, 6.45) is 2.43. The summed E-state index contributed by atoms with van der Waals surface area (Å²) in [5.74, 6) is 0. The molecule has 0 N–H and O–H groups in total. The molecule has 0 aliphatic rings. The van der Waals surface area contributed by atoms with Gasteiger partial charge in [-0.15, -0.1) is 11.3 Å². The summed E-state index contributed by atoms with van der Waals surface area (Å²) in [6.45, 7) is 2.00. The highest BCUT2D eigenvalue weighted by Crippen LogP contribution is 2.27. The van der Waals surface area contributed by atoms with Crippen molar-refractivity contribution in [2.45, 2.75) is 6.92 Å². The lowest BCUT2D eigenvalue weighted by molar-refractivity contribution is 0.112. The Balaban J connectivity index is 1.56. The van der Waals surface area contributed by atoms with Crippen LogP contribution in [0, 0.1) is 6.92 Å². The van der Waals surface area contributed by atoms with E-state index in [1.54, 1.807) is 28.4 Å². The average Bonchev–Trinajstić information content (AvgIpc) is 3.41. The molecule has 0 amide bonds. The Morgan fingerprint density at radius 3 is 2.70 bits per heavy atom. The smallest absolute Gasteiger partial charge is 0.345 e. The van der Waals surface area contributed by atoms with Gasteiger partial charge < -0.3 is 4.42 Å². The third-order valence-electron chi connectivity index (χ3n) is 4.80. The molecule has 5 rings (SSSR count). The molecule has 5 aromatic rings. The molecule has 0 spiro atoms. The van der Waals surface area contributed by atoms with Crippen molar-refractivity contribution in [3.63, 3.8) is 0 Å². The number of aryl methyl sites for hydroxylation is 1. The van der Waals surface area contributed by atoms with Gasteiger partial charge >= 0.3 is 5.63 Å². The number of carbonyl (C=O) groups is 1. The molecule has 30 heavy (non-hydrogen) atoms. The van der Waals surface area contributed by atoms with E-state index in [4.69, 9.17) is 4.42 Å². The van der Waals surface area contributed by atoms with Crippen molar-refractivity contribution in [1.29, 1.82) is 0 Å². The summed E-state index contributed by atoms with van der Waals surface area (Å²) in [5, 5.41) is 7.72. The molecule has 3 heterocycles. The monoisotopic (exact) mass is 413 g/mol. The number of hydrogen-bond acceptors (Lipinski definition) is 6. The number of hydrogen-bond donors (Lipinski definition) is 0. The van der Waals surface area contributed by atoms with Gasteiger partial charge in [0.05, 0.1) is 16.8 Å². The molecule has 2 aromatic carbocycles. The maximum absolute atomic E-state index is 12.4. The van der Waals surface area contributed by atoms with Gasteiger partial charge in [0, 0.05) is 22.5 Å². The topological polar surface area (TPSA) is 78.0 Å². The zero-order chi connectivity index (χ0) is 20.7. The number of benzene rings is 2. The molecule has 0 atom stereocenters. The van der Waals surface area contributed by atoms with Crippen LogP contribution in [0.5, 0.6) is 0 Å². The second kappa shape index (κ2) is 7.20. The van der Waals surface area contributed by atoms with Gasteiger partial charge in [-0.2, -0.15) is 5.10 Å². The van der Waals surface area contributed by atoms with Crippen LogP contribution in [0.1, 0.15) is 15.9 Å². The molecule has 0 saturated carbocycles. The van der Waals surface area contributed by atoms with Gasteiger partial charge in [-0.1, -0.05) is 48.0 Å². The Bertz CT molecular complexity index is 1440. The summed E-state index contributed by atoms with van der Waals surface area (Å²) in [5.41, 5.74) is 4.03. The Hall–Kier alpha value is -3.84. The minimum atomic E-state index is -0.444. The fraction of sp³-hybridized carbons (Fsp3) is 0.0435. The van der Waals surface area contributed by atoms with E-state index in [2.05, 4.69) is 10.1 Å². The lowest BCUT2D eigenvalue weighted by atomic mass is 10.1. The molecule has 0 bridgehead atoms. The second-order valence-corrected chi connectivity index (χ2v) is 7.70. The summed E-state index contributed by atoms with van der Waals surface area (Å²) >= 11 is 1.33. The highest BCUT2D eigenvalue weighted by molar-refractivity contribution is 7.12. The van der Waals surface area contributed by atoms with Crippen molar-refractivity contribution in [2.24, 2.45) is 0 Å². The van der Waals surface area contributed by atoms with Crippen molar-refractivity contribution in [2.75, 3.05) is 0 Å². The summed E-state index contributed by atoms with van der Waals surface area (Å²) in [6, 6.07) is 16.9. The molecule has 0 fully saturated rings. The van der Waals surface area contributed by atoms with Crippen LogP contribution in [0.4, 0.5) is 0 Å². The minimum Gasteiger partial charge on any atom is -0.422 e. The highest BCUT2D eigenvalue weighted by atomic mass is 32.1. The van der Waals surface area contributed by atoms with Crippen molar-refractivity contribution in [3.8, 4) is 27.6 Å². The number of nitrogens with zero attached hydrogens (tertiary/aromatic N) is 3. The fourth-order valence-electron chi connectivity index (χ4n) is 3.24. The first-order valence-corrected chi connectivity index (χ1v) is 10.1.